The second-order valence-electron chi connectivity index (χ2n) is 6.69. The molecular weight excluding hydrogens is 402 g/mol. The number of rotatable bonds is 6. The first-order chi connectivity index (χ1) is 14.3. The molecule has 2 amide bonds. The molecule has 0 aliphatic heterocycles. The number of benzene rings is 2. The summed E-state index contributed by atoms with van der Waals surface area (Å²) in [7, 11) is 0. The molecule has 1 heterocycles. The van der Waals surface area contributed by atoms with E-state index in [0.29, 0.717) is 16.9 Å². The van der Waals surface area contributed by atoms with Crippen LogP contribution in [0.3, 0.4) is 0 Å². The summed E-state index contributed by atoms with van der Waals surface area (Å²) in [6.45, 7) is 5.17. The standard InChI is InChI=1S/C21H21N5O3S/c1-12-6-4-8-15(10-12)23-17(28)11-30-21-24-20(29)19(25-26-21)16-9-5-7-13(2)18(16)22-14(3)27/h4-10H,11H2,1-3H3,(H,22,27)(H,23,28)(H,24,26,29). The van der Waals surface area contributed by atoms with Crippen molar-refractivity contribution in [3.63, 3.8) is 0 Å². The van der Waals surface area contributed by atoms with Crippen molar-refractivity contribution in [1.29, 1.82) is 0 Å². The predicted molar refractivity (Wildman–Crippen MR) is 118 cm³/mol. The van der Waals surface area contributed by atoms with Gasteiger partial charge in [-0.3, -0.25) is 19.4 Å². The number of hydrogen-bond donors (Lipinski definition) is 3. The summed E-state index contributed by atoms with van der Waals surface area (Å²) in [5.41, 5.74) is 3.19. The Balaban J connectivity index is 1.73. The molecule has 0 saturated carbocycles. The first-order valence-electron chi connectivity index (χ1n) is 9.17. The molecule has 0 bridgehead atoms. The van der Waals surface area contributed by atoms with E-state index in [1.807, 2.05) is 38.1 Å². The molecule has 9 heteroatoms. The van der Waals surface area contributed by atoms with Gasteiger partial charge >= 0.3 is 0 Å². The third kappa shape index (κ3) is 5.32. The van der Waals surface area contributed by atoms with E-state index in [4.69, 9.17) is 0 Å². The van der Waals surface area contributed by atoms with Gasteiger partial charge in [-0.25, -0.2) is 0 Å². The van der Waals surface area contributed by atoms with Crippen LogP contribution >= 0.6 is 11.8 Å². The average Bonchev–Trinajstić information content (AvgIpc) is 2.68. The minimum Gasteiger partial charge on any atom is -0.325 e. The minimum atomic E-state index is -0.455. The Bertz CT molecular complexity index is 1160. The molecule has 30 heavy (non-hydrogen) atoms. The van der Waals surface area contributed by atoms with E-state index in [2.05, 4.69) is 25.8 Å². The van der Waals surface area contributed by atoms with Crippen molar-refractivity contribution in [2.24, 2.45) is 0 Å². The lowest BCUT2D eigenvalue weighted by molar-refractivity contribution is -0.114. The molecule has 1 aromatic heterocycles. The SMILES string of the molecule is CC(=O)Nc1c(C)cccc1-c1nnc(SCC(=O)Nc2cccc(C)c2)[nH]c1=O. The highest BCUT2D eigenvalue weighted by Gasteiger charge is 2.15. The van der Waals surface area contributed by atoms with E-state index in [9.17, 15) is 14.4 Å². The fraction of sp³-hybridized carbons (Fsp3) is 0.190. The highest BCUT2D eigenvalue weighted by Crippen LogP contribution is 2.27. The predicted octanol–water partition coefficient (Wildman–Crippen LogP) is 3.14. The number of thioether (sulfide) groups is 1. The maximum atomic E-state index is 12.6. The lowest BCUT2D eigenvalue weighted by atomic mass is 10.1. The van der Waals surface area contributed by atoms with Crippen LogP contribution in [0.25, 0.3) is 11.3 Å². The molecule has 0 radical (unpaired) electrons. The van der Waals surface area contributed by atoms with Gasteiger partial charge in [-0.2, -0.15) is 0 Å². The van der Waals surface area contributed by atoms with E-state index in [0.717, 1.165) is 22.9 Å². The van der Waals surface area contributed by atoms with E-state index >= 15 is 0 Å². The molecule has 2 aromatic carbocycles. The highest BCUT2D eigenvalue weighted by atomic mass is 32.2. The highest BCUT2D eigenvalue weighted by molar-refractivity contribution is 7.99. The zero-order valence-corrected chi connectivity index (χ0v) is 17.6. The van der Waals surface area contributed by atoms with Gasteiger partial charge in [0.05, 0.1) is 11.4 Å². The molecule has 8 nitrogen and oxygen atoms in total. The third-order valence-corrected chi connectivity index (χ3v) is 5.01. The number of aryl methyl sites for hydroxylation is 2. The van der Waals surface area contributed by atoms with Crippen molar-refractivity contribution in [2.75, 3.05) is 16.4 Å². The number of aromatic amines is 1. The van der Waals surface area contributed by atoms with E-state index in [1.54, 1.807) is 18.2 Å². The largest absolute Gasteiger partial charge is 0.325 e. The van der Waals surface area contributed by atoms with Crippen molar-refractivity contribution < 1.29 is 9.59 Å². The van der Waals surface area contributed by atoms with Crippen molar-refractivity contribution >= 4 is 35.0 Å². The normalized spacial score (nSPS) is 10.5. The summed E-state index contributed by atoms with van der Waals surface area (Å²) < 4.78 is 0. The van der Waals surface area contributed by atoms with Crippen molar-refractivity contribution in [3.8, 4) is 11.3 Å². The lowest BCUT2D eigenvalue weighted by Crippen LogP contribution is -2.18. The summed E-state index contributed by atoms with van der Waals surface area (Å²) in [6.07, 6.45) is 0. The summed E-state index contributed by atoms with van der Waals surface area (Å²) in [5, 5.41) is 13.8. The number of para-hydroxylation sites is 1. The molecule has 0 fully saturated rings. The summed E-state index contributed by atoms with van der Waals surface area (Å²) in [5.74, 6) is -0.398. The van der Waals surface area contributed by atoms with Crippen LogP contribution in [0.15, 0.2) is 52.4 Å². The molecule has 0 aliphatic rings. The van der Waals surface area contributed by atoms with Crippen molar-refractivity contribution in [1.82, 2.24) is 15.2 Å². The Morgan fingerprint density at radius 3 is 2.53 bits per heavy atom. The van der Waals surface area contributed by atoms with E-state index in [1.165, 1.54) is 6.92 Å². The van der Waals surface area contributed by atoms with Crippen LogP contribution in [0, 0.1) is 13.8 Å². The van der Waals surface area contributed by atoms with Gasteiger partial charge in [-0.15, -0.1) is 10.2 Å². The van der Waals surface area contributed by atoms with Crippen molar-refractivity contribution in [2.45, 2.75) is 25.9 Å². The minimum absolute atomic E-state index is 0.0689. The summed E-state index contributed by atoms with van der Waals surface area (Å²) in [6, 6.07) is 12.8. The molecular formula is C21H21N5O3S. The van der Waals surface area contributed by atoms with Gasteiger partial charge < -0.3 is 10.6 Å². The molecule has 0 aliphatic carbocycles. The number of anilines is 2. The molecule has 3 aromatic rings. The van der Waals surface area contributed by atoms with Crippen LogP contribution < -0.4 is 16.2 Å². The van der Waals surface area contributed by atoms with E-state index in [-0.39, 0.29) is 28.4 Å². The average molecular weight is 423 g/mol. The van der Waals surface area contributed by atoms with Gasteiger partial charge in [-0.05, 0) is 37.1 Å². The fourth-order valence-electron chi connectivity index (χ4n) is 2.82. The second-order valence-corrected chi connectivity index (χ2v) is 7.66. The van der Waals surface area contributed by atoms with Crippen LogP contribution in [0.5, 0.6) is 0 Å². The number of nitrogens with one attached hydrogen (secondary N) is 3. The topological polar surface area (TPSA) is 117 Å². The number of aromatic nitrogens is 3. The smallest absolute Gasteiger partial charge is 0.278 e. The van der Waals surface area contributed by atoms with Crippen molar-refractivity contribution in [3.05, 3.63) is 63.9 Å². The van der Waals surface area contributed by atoms with Crippen LogP contribution in [0.4, 0.5) is 11.4 Å². The second kappa shape index (κ2) is 9.36. The summed E-state index contributed by atoms with van der Waals surface area (Å²) >= 11 is 1.08. The number of carbonyl (C=O) groups excluding carboxylic acids is 2. The van der Waals surface area contributed by atoms with E-state index < -0.39 is 5.56 Å². The number of carbonyl (C=O) groups is 2. The molecule has 154 valence electrons. The maximum absolute atomic E-state index is 12.6. The molecule has 3 N–H and O–H groups in total. The third-order valence-electron chi connectivity index (χ3n) is 4.15. The Kier molecular flexibility index (Phi) is 6.63. The number of hydrogen-bond acceptors (Lipinski definition) is 6. The van der Waals surface area contributed by atoms with Gasteiger partial charge in [0.15, 0.2) is 10.9 Å². The zero-order valence-electron chi connectivity index (χ0n) is 16.8. The molecule has 3 rings (SSSR count). The maximum Gasteiger partial charge on any atom is 0.278 e. The first kappa shape index (κ1) is 21.3. The van der Waals surface area contributed by atoms with Gasteiger partial charge in [0.25, 0.3) is 5.56 Å². The van der Waals surface area contributed by atoms with Gasteiger partial charge in [0, 0.05) is 18.2 Å². The van der Waals surface area contributed by atoms with Gasteiger partial charge in [0.2, 0.25) is 11.8 Å². The Labute approximate surface area is 177 Å². The quantitative estimate of drug-likeness (QED) is 0.525. The zero-order chi connectivity index (χ0) is 21.7. The Hall–Kier alpha value is -3.46. The molecule has 0 unspecified atom stereocenters. The van der Waals surface area contributed by atoms with Crippen LogP contribution in [-0.4, -0.2) is 32.7 Å². The Morgan fingerprint density at radius 2 is 1.83 bits per heavy atom. The molecule has 0 atom stereocenters. The summed E-state index contributed by atoms with van der Waals surface area (Å²) in [4.78, 5) is 38.9. The number of nitrogens with zero attached hydrogens (tertiary/aromatic N) is 2. The van der Waals surface area contributed by atoms with Crippen LogP contribution in [0.1, 0.15) is 18.1 Å². The lowest BCUT2D eigenvalue weighted by Gasteiger charge is -2.11. The first-order valence-corrected chi connectivity index (χ1v) is 10.2. The Morgan fingerprint density at radius 1 is 1.07 bits per heavy atom. The van der Waals surface area contributed by atoms with Crippen LogP contribution in [0.2, 0.25) is 0 Å². The van der Waals surface area contributed by atoms with Crippen LogP contribution in [-0.2, 0) is 9.59 Å². The van der Waals surface area contributed by atoms with Gasteiger partial charge in [-0.1, -0.05) is 42.1 Å². The fourth-order valence-corrected chi connectivity index (χ4v) is 3.43. The number of H-pyrrole nitrogens is 1. The monoisotopic (exact) mass is 423 g/mol. The molecule has 0 saturated heterocycles. The van der Waals surface area contributed by atoms with Gasteiger partial charge in [0.1, 0.15) is 0 Å². The molecule has 0 spiro atoms. The number of amides is 2.